The van der Waals surface area contributed by atoms with Crippen LogP contribution in [0.2, 0.25) is 0 Å². The quantitative estimate of drug-likeness (QED) is 0.803. The van der Waals surface area contributed by atoms with Crippen LogP contribution in [0, 0.1) is 19.7 Å². The van der Waals surface area contributed by atoms with E-state index < -0.39 is 5.54 Å². The summed E-state index contributed by atoms with van der Waals surface area (Å²) in [7, 11) is 0. The molecule has 1 saturated heterocycles. The van der Waals surface area contributed by atoms with E-state index >= 15 is 0 Å². The maximum absolute atomic E-state index is 14.0. The number of nitrogens with zero attached hydrogens (tertiary/aromatic N) is 4. The van der Waals surface area contributed by atoms with Crippen molar-refractivity contribution in [3.05, 3.63) is 53.2 Å². The summed E-state index contributed by atoms with van der Waals surface area (Å²) in [5.74, 6) is 1.07. The van der Waals surface area contributed by atoms with Crippen molar-refractivity contribution < 1.29 is 9.13 Å². The van der Waals surface area contributed by atoms with Gasteiger partial charge in [-0.2, -0.15) is 14.6 Å². The molecule has 0 atom stereocenters. The molecule has 0 radical (unpaired) electrons. The van der Waals surface area contributed by atoms with Crippen molar-refractivity contribution in [2.45, 2.75) is 19.4 Å². The minimum atomic E-state index is -0.471. The number of anilines is 1. The van der Waals surface area contributed by atoms with Crippen molar-refractivity contribution in [2.75, 3.05) is 18.5 Å². The molecular weight excluding hydrogens is 297 g/mol. The van der Waals surface area contributed by atoms with Crippen molar-refractivity contribution in [3.63, 3.8) is 0 Å². The van der Waals surface area contributed by atoms with Gasteiger partial charge < -0.3 is 10.1 Å². The lowest BCUT2D eigenvalue weighted by Crippen LogP contribution is -2.53. The number of fused-ring (bicyclic) bond motifs is 1. The first-order valence-corrected chi connectivity index (χ1v) is 7.37. The molecule has 1 fully saturated rings. The molecule has 1 N–H and O–H groups in total. The highest BCUT2D eigenvalue weighted by Crippen LogP contribution is 2.34. The van der Waals surface area contributed by atoms with E-state index in [4.69, 9.17) is 4.74 Å². The number of ether oxygens (including phenoxy) is 1. The molecule has 1 aliphatic rings. The SMILES string of the molecule is Cc1cc(NC2(c3ccc(C)c(F)c3)COC2)n2ncnc2n1. The van der Waals surface area contributed by atoms with Crippen LogP contribution in [0.1, 0.15) is 16.8 Å². The zero-order chi connectivity index (χ0) is 16.0. The van der Waals surface area contributed by atoms with Crippen LogP contribution in [0.15, 0.2) is 30.6 Å². The van der Waals surface area contributed by atoms with Gasteiger partial charge in [-0.25, -0.2) is 9.37 Å². The van der Waals surface area contributed by atoms with E-state index in [0.717, 1.165) is 17.1 Å². The van der Waals surface area contributed by atoms with Gasteiger partial charge in [0, 0.05) is 11.8 Å². The van der Waals surface area contributed by atoms with E-state index in [1.807, 2.05) is 19.1 Å². The Hall–Kier alpha value is -2.54. The highest BCUT2D eigenvalue weighted by Gasteiger charge is 2.41. The molecule has 1 aromatic carbocycles. The minimum absolute atomic E-state index is 0.215. The Bertz CT molecular complexity index is 887. The van der Waals surface area contributed by atoms with Crippen LogP contribution in [0.25, 0.3) is 5.78 Å². The third kappa shape index (κ3) is 2.24. The summed E-state index contributed by atoms with van der Waals surface area (Å²) in [5, 5.41) is 7.65. The van der Waals surface area contributed by atoms with Crippen LogP contribution >= 0.6 is 0 Å². The van der Waals surface area contributed by atoms with Gasteiger partial charge in [-0.1, -0.05) is 12.1 Å². The van der Waals surface area contributed by atoms with Crippen LogP contribution < -0.4 is 5.32 Å². The van der Waals surface area contributed by atoms with Gasteiger partial charge >= 0.3 is 0 Å². The average Bonchev–Trinajstić information content (AvgIpc) is 2.94. The van der Waals surface area contributed by atoms with Crippen LogP contribution in [0.3, 0.4) is 0 Å². The van der Waals surface area contributed by atoms with Gasteiger partial charge in [0.05, 0.1) is 13.2 Å². The molecule has 0 spiro atoms. The number of halogens is 1. The smallest absolute Gasteiger partial charge is 0.254 e. The fraction of sp³-hybridized carbons (Fsp3) is 0.312. The van der Waals surface area contributed by atoms with Gasteiger partial charge in [0.15, 0.2) is 0 Å². The predicted molar refractivity (Wildman–Crippen MR) is 82.8 cm³/mol. The van der Waals surface area contributed by atoms with E-state index in [2.05, 4.69) is 20.4 Å². The second-order valence-corrected chi connectivity index (χ2v) is 5.92. The predicted octanol–water partition coefficient (Wildman–Crippen LogP) is 2.22. The summed E-state index contributed by atoms with van der Waals surface area (Å²) in [6.45, 7) is 4.58. The Kier molecular flexibility index (Phi) is 3.05. The molecule has 23 heavy (non-hydrogen) atoms. The van der Waals surface area contributed by atoms with Gasteiger partial charge in [-0.15, -0.1) is 0 Å². The Morgan fingerprint density at radius 1 is 1.26 bits per heavy atom. The van der Waals surface area contributed by atoms with Gasteiger partial charge in [0.2, 0.25) is 0 Å². The number of hydrogen-bond donors (Lipinski definition) is 1. The largest absolute Gasteiger partial charge is 0.376 e. The van der Waals surface area contributed by atoms with Crippen LogP contribution in [0.4, 0.5) is 10.2 Å². The number of benzene rings is 1. The highest BCUT2D eigenvalue weighted by atomic mass is 19.1. The van der Waals surface area contributed by atoms with Crippen molar-refractivity contribution >= 4 is 11.6 Å². The molecular formula is C16H16FN5O. The van der Waals surface area contributed by atoms with Crippen LogP contribution in [-0.4, -0.2) is 32.8 Å². The molecule has 3 heterocycles. The van der Waals surface area contributed by atoms with Crippen molar-refractivity contribution in [2.24, 2.45) is 0 Å². The van der Waals surface area contributed by atoms with Crippen molar-refractivity contribution in [3.8, 4) is 0 Å². The molecule has 6 nitrogen and oxygen atoms in total. The lowest BCUT2D eigenvalue weighted by molar-refractivity contribution is -0.0451. The lowest BCUT2D eigenvalue weighted by Gasteiger charge is -2.43. The number of aromatic nitrogens is 4. The second kappa shape index (κ2) is 4.99. The highest BCUT2D eigenvalue weighted by molar-refractivity contribution is 5.49. The Labute approximate surface area is 132 Å². The molecule has 0 unspecified atom stereocenters. The molecule has 0 aliphatic carbocycles. The summed E-state index contributed by atoms with van der Waals surface area (Å²) >= 11 is 0. The molecule has 3 aromatic rings. The van der Waals surface area contributed by atoms with Gasteiger partial charge in [-0.05, 0) is 31.0 Å². The summed E-state index contributed by atoms with van der Waals surface area (Å²) in [6, 6.07) is 7.18. The summed E-state index contributed by atoms with van der Waals surface area (Å²) in [6.07, 6.45) is 1.46. The van der Waals surface area contributed by atoms with Crippen molar-refractivity contribution in [1.82, 2.24) is 19.6 Å². The Morgan fingerprint density at radius 3 is 2.78 bits per heavy atom. The fourth-order valence-corrected chi connectivity index (χ4v) is 2.77. The maximum atomic E-state index is 14.0. The zero-order valence-electron chi connectivity index (χ0n) is 12.9. The summed E-state index contributed by atoms with van der Waals surface area (Å²) in [5.41, 5.74) is 1.84. The molecule has 1 aliphatic heterocycles. The van der Waals surface area contributed by atoms with Crippen LogP contribution in [0.5, 0.6) is 0 Å². The molecule has 7 heteroatoms. The molecule has 2 aromatic heterocycles. The number of hydrogen-bond acceptors (Lipinski definition) is 5. The van der Waals surface area contributed by atoms with E-state index in [9.17, 15) is 4.39 Å². The fourth-order valence-electron chi connectivity index (χ4n) is 2.77. The number of nitrogens with one attached hydrogen (secondary N) is 1. The third-order valence-electron chi connectivity index (χ3n) is 4.17. The standard InChI is InChI=1S/C16H16FN5O/c1-10-3-4-12(6-13(10)17)16(7-23-8-16)21-14-5-11(2)20-15-18-9-19-22(14)15/h3-6,9,21H,7-8H2,1-2H3. The number of rotatable bonds is 3. The molecule has 0 saturated carbocycles. The zero-order valence-corrected chi connectivity index (χ0v) is 12.9. The monoisotopic (exact) mass is 313 g/mol. The molecule has 0 amide bonds. The Balaban J connectivity index is 1.77. The van der Waals surface area contributed by atoms with Gasteiger partial charge in [0.25, 0.3) is 5.78 Å². The van der Waals surface area contributed by atoms with Gasteiger partial charge in [0.1, 0.15) is 23.5 Å². The molecule has 0 bridgehead atoms. The second-order valence-electron chi connectivity index (χ2n) is 5.92. The van der Waals surface area contributed by atoms with E-state index in [0.29, 0.717) is 24.6 Å². The first kappa shape index (κ1) is 14.1. The normalized spacial score (nSPS) is 16.3. The molecule has 118 valence electrons. The topological polar surface area (TPSA) is 64.3 Å². The minimum Gasteiger partial charge on any atom is -0.376 e. The average molecular weight is 313 g/mol. The van der Waals surface area contributed by atoms with E-state index in [-0.39, 0.29) is 5.82 Å². The Morgan fingerprint density at radius 2 is 2.09 bits per heavy atom. The van der Waals surface area contributed by atoms with E-state index in [1.54, 1.807) is 23.6 Å². The first-order chi connectivity index (χ1) is 11.1. The van der Waals surface area contributed by atoms with Crippen LogP contribution in [-0.2, 0) is 10.3 Å². The summed E-state index contributed by atoms with van der Waals surface area (Å²) in [4.78, 5) is 8.45. The first-order valence-electron chi connectivity index (χ1n) is 7.37. The lowest BCUT2D eigenvalue weighted by atomic mass is 9.87. The van der Waals surface area contributed by atoms with E-state index in [1.165, 1.54) is 6.33 Å². The van der Waals surface area contributed by atoms with Gasteiger partial charge in [-0.3, -0.25) is 0 Å². The third-order valence-corrected chi connectivity index (χ3v) is 4.17. The molecule has 4 rings (SSSR count). The maximum Gasteiger partial charge on any atom is 0.254 e. The van der Waals surface area contributed by atoms with Crippen molar-refractivity contribution in [1.29, 1.82) is 0 Å². The number of aryl methyl sites for hydroxylation is 2. The summed E-state index contributed by atoms with van der Waals surface area (Å²) < 4.78 is 21.0.